The van der Waals surface area contributed by atoms with E-state index in [0.717, 1.165) is 0 Å². The lowest BCUT2D eigenvalue weighted by molar-refractivity contribution is -0.384. The number of rotatable bonds is 5. The summed E-state index contributed by atoms with van der Waals surface area (Å²) in [5, 5.41) is 10.9. The fourth-order valence-electron chi connectivity index (χ4n) is 2.28. The maximum Gasteiger partial charge on any atom is 0.273 e. The minimum atomic E-state index is -0.492. The summed E-state index contributed by atoms with van der Waals surface area (Å²) in [5.74, 6) is 0.487. The van der Waals surface area contributed by atoms with Gasteiger partial charge in [-0.1, -0.05) is 48.5 Å². The van der Waals surface area contributed by atoms with E-state index in [-0.39, 0.29) is 11.5 Å². The van der Waals surface area contributed by atoms with Gasteiger partial charge in [0.15, 0.2) is 5.78 Å². The Morgan fingerprint density at radius 2 is 1.58 bits per heavy atom. The number of carbonyl (C=O) groups is 1. The molecule has 0 radical (unpaired) electrons. The van der Waals surface area contributed by atoms with Crippen molar-refractivity contribution in [2.75, 3.05) is 0 Å². The zero-order valence-corrected chi connectivity index (χ0v) is 12.6. The van der Waals surface area contributed by atoms with Crippen LogP contribution in [0, 0.1) is 10.1 Å². The van der Waals surface area contributed by atoms with Gasteiger partial charge in [-0.25, -0.2) is 0 Å². The molecule has 0 unspecified atom stereocenters. The minimum absolute atomic E-state index is 0.0700. The zero-order valence-electron chi connectivity index (χ0n) is 12.6. The van der Waals surface area contributed by atoms with Crippen molar-refractivity contribution in [1.82, 2.24) is 0 Å². The second kappa shape index (κ2) is 6.75. The van der Waals surface area contributed by atoms with E-state index in [1.165, 1.54) is 18.2 Å². The van der Waals surface area contributed by atoms with Crippen LogP contribution in [0.2, 0.25) is 0 Å². The summed E-state index contributed by atoms with van der Waals surface area (Å²) in [4.78, 5) is 23.0. The summed E-state index contributed by atoms with van der Waals surface area (Å²) in [6.45, 7) is 0. The summed E-state index contributed by atoms with van der Waals surface area (Å²) < 4.78 is 5.72. The predicted octanol–water partition coefficient (Wildman–Crippen LogP) is 4.62. The standard InChI is InChI=1S/C19H13NO4/c21-19(14-7-2-1-3-8-14)17-11-4-5-12-18(17)24-16-10-6-9-15(13-16)20(22)23/h1-13H. The average molecular weight is 319 g/mol. The number of hydrogen-bond donors (Lipinski definition) is 0. The molecule has 0 N–H and O–H groups in total. The molecule has 0 aliphatic carbocycles. The Labute approximate surface area is 138 Å². The monoisotopic (exact) mass is 319 g/mol. The fourth-order valence-corrected chi connectivity index (χ4v) is 2.28. The average Bonchev–Trinajstić information content (AvgIpc) is 2.62. The van der Waals surface area contributed by atoms with Gasteiger partial charge in [0.1, 0.15) is 11.5 Å². The van der Waals surface area contributed by atoms with Gasteiger partial charge in [-0.05, 0) is 18.2 Å². The maximum atomic E-state index is 12.6. The molecule has 0 aliphatic rings. The largest absolute Gasteiger partial charge is 0.456 e. The SMILES string of the molecule is O=C(c1ccccc1)c1ccccc1Oc1cccc([N+](=O)[O-])c1. The molecular weight excluding hydrogens is 306 g/mol. The highest BCUT2D eigenvalue weighted by Gasteiger charge is 2.15. The third kappa shape index (κ3) is 3.30. The molecule has 5 heteroatoms. The third-order valence-corrected chi connectivity index (χ3v) is 3.42. The molecule has 0 bridgehead atoms. The quantitative estimate of drug-likeness (QED) is 0.391. The molecule has 3 aromatic carbocycles. The topological polar surface area (TPSA) is 69.4 Å². The van der Waals surface area contributed by atoms with Crippen LogP contribution in [-0.2, 0) is 0 Å². The van der Waals surface area contributed by atoms with Gasteiger partial charge in [0.05, 0.1) is 16.6 Å². The van der Waals surface area contributed by atoms with Gasteiger partial charge >= 0.3 is 0 Å². The first-order valence-electron chi connectivity index (χ1n) is 7.26. The van der Waals surface area contributed by atoms with Crippen LogP contribution >= 0.6 is 0 Å². The molecule has 3 aromatic rings. The van der Waals surface area contributed by atoms with E-state index < -0.39 is 4.92 Å². The molecule has 0 heterocycles. The Morgan fingerprint density at radius 1 is 0.875 bits per heavy atom. The van der Waals surface area contributed by atoms with Gasteiger partial charge in [-0.3, -0.25) is 14.9 Å². The maximum absolute atomic E-state index is 12.6. The Bertz CT molecular complexity index is 891. The van der Waals surface area contributed by atoms with Crippen LogP contribution in [0.1, 0.15) is 15.9 Å². The highest BCUT2D eigenvalue weighted by atomic mass is 16.6. The number of benzene rings is 3. The summed E-state index contributed by atoms with van der Waals surface area (Å²) in [6, 6.07) is 21.5. The summed E-state index contributed by atoms with van der Waals surface area (Å²) in [6.07, 6.45) is 0. The Kier molecular flexibility index (Phi) is 4.34. The molecule has 0 fully saturated rings. The first-order valence-corrected chi connectivity index (χ1v) is 7.26. The van der Waals surface area contributed by atoms with Crippen LogP contribution in [0.4, 0.5) is 5.69 Å². The molecule has 0 atom stereocenters. The predicted molar refractivity (Wildman–Crippen MR) is 89.5 cm³/mol. The summed E-state index contributed by atoms with van der Waals surface area (Å²) in [7, 11) is 0. The highest BCUT2D eigenvalue weighted by molar-refractivity contribution is 6.10. The van der Waals surface area contributed by atoms with E-state index in [4.69, 9.17) is 4.74 Å². The number of ether oxygens (including phenoxy) is 1. The second-order valence-electron chi connectivity index (χ2n) is 5.05. The van der Waals surface area contributed by atoms with Gasteiger partial charge in [-0.2, -0.15) is 0 Å². The van der Waals surface area contributed by atoms with Crippen molar-refractivity contribution in [1.29, 1.82) is 0 Å². The third-order valence-electron chi connectivity index (χ3n) is 3.42. The van der Waals surface area contributed by atoms with Gasteiger partial charge in [0.2, 0.25) is 0 Å². The van der Waals surface area contributed by atoms with Crippen molar-refractivity contribution in [3.8, 4) is 11.5 Å². The first-order chi connectivity index (χ1) is 11.6. The smallest absolute Gasteiger partial charge is 0.273 e. The first kappa shape index (κ1) is 15.4. The molecule has 118 valence electrons. The van der Waals surface area contributed by atoms with Crippen LogP contribution in [0.5, 0.6) is 11.5 Å². The molecule has 0 spiro atoms. The second-order valence-corrected chi connectivity index (χ2v) is 5.05. The number of non-ortho nitro benzene ring substituents is 1. The number of nitro benzene ring substituents is 1. The van der Waals surface area contributed by atoms with E-state index in [9.17, 15) is 14.9 Å². The summed E-state index contributed by atoms with van der Waals surface area (Å²) >= 11 is 0. The van der Waals surface area contributed by atoms with Crippen LogP contribution in [0.25, 0.3) is 0 Å². The van der Waals surface area contributed by atoms with Gasteiger partial charge in [0.25, 0.3) is 5.69 Å². The van der Waals surface area contributed by atoms with Gasteiger partial charge in [-0.15, -0.1) is 0 Å². The molecule has 0 aromatic heterocycles. The summed E-state index contributed by atoms with van der Waals surface area (Å²) in [5.41, 5.74) is 0.877. The lowest BCUT2D eigenvalue weighted by Crippen LogP contribution is -2.03. The molecular formula is C19H13NO4. The molecule has 24 heavy (non-hydrogen) atoms. The Balaban J connectivity index is 1.94. The number of ketones is 1. The fraction of sp³-hybridized carbons (Fsp3) is 0. The van der Waals surface area contributed by atoms with E-state index in [0.29, 0.717) is 22.6 Å². The van der Waals surface area contributed by atoms with Crippen molar-refractivity contribution in [2.45, 2.75) is 0 Å². The van der Waals surface area contributed by atoms with E-state index in [2.05, 4.69) is 0 Å². The molecule has 0 saturated carbocycles. The van der Waals surface area contributed by atoms with Gasteiger partial charge < -0.3 is 4.74 Å². The lowest BCUT2D eigenvalue weighted by atomic mass is 10.0. The van der Waals surface area contributed by atoms with E-state index in [1.807, 2.05) is 6.07 Å². The normalized spacial score (nSPS) is 10.2. The van der Waals surface area contributed by atoms with Crippen LogP contribution in [0.15, 0.2) is 78.9 Å². The number of nitro groups is 1. The zero-order chi connectivity index (χ0) is 16.9. The number of nitrogens with zero attached hydrogens (tertiary/aromatic N) is 1. The van der Waals surface area contributed by atoms with E-state index in [1.54, 1.807) is 54.6 Å². The van der Waals surface area contributed by atoms with Crippen molar-refractivity contribution in [3.05, 3.63) is 100 Å². The molecule has 0 amide bonds. The lowest BCUT2D eigenvalue weighted by Gasteiger charge is -2.10. The minimum Gasteiger partial charge on any atom is -0.456 e. The van der Waals surface area contributed by atoms with Crippen LogP contribution < -0.4 is 4.74 Å². The molecule has 0 saturated heterocycles. The Morgan fingerprint density at radius 3 is 2.33 bits per heavy atom. The Hall–Kier alpha value is -3.47. The number of carbonyl (C=O) groups excluding carboxylic acids is 1. The van der Waals surface area contributed by atoms with Gasteiger partial charge in [0, 0.05) is 11.6 Å². The van der Waals surface area contributed by atoms with E-state index >= 15 is 0 Å². The molecule has 5 nitrogen and oxygen atoms in total. The number of para-hydroxylation sites is 1. The molecule has 3 rings (SSSR count). The number of hydrogen-bond acceptors (Lipinski definition) is 4. The van der Waals surface area contributed by atoms with Crippen LogP contribution in [-0.4, -0.2) is 10.7 Å². The van der Waals surface area contributed by atoms with Crippen molar-refractivity contribution in [2.24, 2.45) is 0 Å². The van der Waals surface area contributed by atoms with Crippen LogP contribution in [0.3, 0.4) is 0 Å². The molecule has 0 aliphatic heterocycles. The van der Waals surface area contributed by atoms with Crippen molar-refractivity contribution >= 4 is 11.5 Å². The van der Waals surface area contributed by atoms with Crippen molar-refractivity contribution in [3.63, 3.8) is 0 Å². The van der Waals surface area contributed by atoms with Crippen molar-refractivity contribution < 1.29 is 14.5 Å². The highest BCUT2D eigenvalue weighted by Crippen LogP contribution is 2.29.